The van der Waals surface area contributed by atoms with Crippen molar-refractivity contribution in [3.05, 3.63) is 83.4 Å². The molecule has 0 aromatic heterocycles. The Hall–Kier alpha value is -3.80. The van der Waals surface area contributed by atoms with Gasteiger partial charge in [-0.1, -0.05) is 50.2 Å². The monoisotopic (exact) mass is 405 g/mol. The van der Waals surface area contributed by atoms with Crippen LogP contribution in [0.4, 0.5) is 5.69 Å². The van der Waals surface area contributed by atoms with Crippen molar-refractivity contribution in [1.82, 2.24) is 0 Å². The van der Waals surface area contributed by atoms with Gasteiger partial charge in [-0.2, -0.15) is 0 Å². The minimum atomic E-state index is -0.495. The quantitative estimate of drug-likeness (QED) is 0.586. The largest absolute Gasteiger partial charge is 0.488 e. The van der Waals surface area contributed by atoms with Gasteiger partial charge < -0.3 is 19.5 Å². The van der Waals surface area contributed by atoms with E-state index < -0.39 is 5.97 Å². The SMILES string of the molecule is CC.COC(=O)c1ccc2c(c1)NC(=O)c1c(OCc3ccccc3)cccc1O2. The number of fused-ring (bicyclic) bond motifs is 2. The summed E-state index contributed by atoms with van der Waals surface area (Å²) >= 11 is 0. The van der Waals surface area contributed by atoms with Gasteiger partial charge in [0.25, 0.3) is 5.91 Å². The van der Waals surface area contributed by atoms with Crippen LogP contribution in [0.1, 0.15) is 40.1 Å². The molecule has 1 amide bonds. The predicted octanol–water partition coefficient (Wildman–Crippen LogP) is 5.44. The molecule has 154 valence electrons. The van der Waals surface area contributed by atoms with E-state index >= 15 is 0 Å². The third-order valence-electron chi connectivity index (χ3n) is 4.32. The van der Waals surface area contributed by atoms with E-state index in [1.165, 1.54) is 13.2 Å². The number of carbonyl (C=O) groups excluding carboxylic acids is 2. The van der Waals surface area contributed by atoms with E-state index in [0.717, 1.165) is 5.56 Å². The molecule has 0 bridgehead atoms. The molecule has 1 aliphatic rings. The third-order valence-corrected chi connectivity index (χ3v) is 4.32. The standard InChI is InChI=1S/C22H17NO5.C2H6/c1-26-22(25)15-10-11-17-16(12-15)23-21(24)20-18(8-5-9-19(20)28-17)27-13-14-6-3-2-4-7-14;1-2/h2-12H,13H2,1H3,(H,23,24);1-2H3. The third kappa shape index (κ3) is 4.43. The summed E-state index contributed by atoms with van der Waals surface area (Å²) in [5.74, 6) is 0.359. The smallest absolute Gasteiger partial charge is 0.337 e. The van der Waals surface area contributed by atoms with Crippen molar-refractivity contribution < 1.29 is 23.8 Å². The van der Waals surface area contributed by atoms with E-state index in [1.54, 1.807) is 30.3 Å². The van der Waals surface area contributed by atoms with Gasteiger partial charge in [-0.05, 0) is 35.9 Å². The van der Waals surface area contributed by atoms with E-state index in [9.17, 15) is 9.59 Å². The van der Waals surface area contributed by atoms with Crippen molar-refractivity contribution in [1.29, 1.82) is 0 Å². The van der Waals surface area contributed by atoms with E-state index in [0.29, 0.717) is 40.7 Å². The summed E-state index contributed by atoms with van der Waals surface area (Å²) in [4.78, 5) is 24.6. The number of benzene rings is 3. The number of carbonyl (C=O) groups is 2. The lowest BCUT2D eigenvalue weighted by molar-refractivity contribution is 0.0600. The van der Waals surface area contributed by atoms with Crippen LogP contribution in [0, 0.1) is 0 Å². The van der Waals surface area contributed by atoms with Gasteiger partial charge in [0.05, 0.1) is 18.4 Å². The number of hydrogen-bond acceptors (Lipinski definition) is 5. The highest BCUT2D eigenvalue weighted by atomic mass is 16.5. The van der Waals surface area contributed by atoms with Crippen molar-refractivity contribution in [2.24, 2.45) is 0 Å². The maximum Gasteiger partial charge on any atom is 0.337 e. The molecule has 6 heteroatoms. The molecular weight excluding hydrogens is 382 g/mol. The Bertz CT molecular complexity index is 1050. The number of rotatable bonds is 4. The summed E-state index contributed by atoms with van der Waals surface area (Å²) in [6, 6.07) is 19.6. The highest BCUT2D eigenvalue weighted by Crippen LogP contribution is 2.39. The minimum absolute atomic E-state index is 0.300. The second-order valence-corrected chi connectivity index (χ2v) is 6.16. The van der Waals surface area contributed by atoms with Crippen molar-refractivity contribution in [3.63, 3.8) is 0 Å². The molecule has 0 aliphatic carbocycles. The van der Waals surface area contributed by atoms with Crippen LogP contribution in [0.2, 0.25) is 0 Å². The van der Waals surface area contributed by atoms with Gasteiger partial charge in [0.15, 0.2) is 5.75 Å². The second kappa shape index (κ2) is 9.60. The lowest BCUT2D eigenvalue weighted by Gasteiger charge is -2.12. The molecular formula is C24H23NO5. The molecule has 0 fully saturated rings. The van der Waals surface area contributed by atoms with Gasteiger partial charge in [-0.3, -0.25) is 4.79 Å². The number of hydrogen-bond donors (Lipinski definition) is 1. The van der Waals surface area contributed by atoms with Gasteiger partial charge in [0, 0.05) is 0 Å². The molecule has 1 aliphatic heterocycles. The maximum atomic E-state index is 12.9. The lowest BCUT2D eigenvalue weighted by atomic mass is 10.1. The first-order valence-corrected chi connectivity index (χ1v) is 9.67. The predicted molar refractivity (Wildman–Crippen MR) is 114 cm³/mol. The summed E-state index contributed by atoms with van der Waals surface area (Å²) in [6.45, 7) is 4.32. The summed E-state index contributed by atoms with van der Waals surface area (Å²) in [6.07, 6.45) is 0. The number of nitrogens with one attached hydrogen (secondary N) is 1. The molecule has 0 spiro atoms. The molecule has 0 atom stereocenters. The zero-order chi connectivity index (χ0) is 21.5. The van der Waals surface area contributed by atoms with Crippen molar-refractivity contribution in [2.75, 3.05) is 12.4 Å². The van der Waals surface area contributed by atoms with Crippen LogP contribution < -0.4 is 14.8 Å². The Morgan fingerprint density at radius 2 is 1.73 bits per heavy atom. The Morgan fingerprint density at radius 1 is 0.967 bits per heavy atom. The Balaban J connectivity index is 0.00000124. The van der Waals surface area contributed by atoms with Crippen molar-refractivity contribution in [2.45, 2.75) is 20.5 Å². The number of amides is 1. The van der Waals surface area contributed by atoms with Gasteiger partial charge in [-0.15, -0.1) is 0 Å². The van der Waals surface area contributed by atoms with Crippen molar-refractivity contribution >= 4 is 17.6 Å². The van der Waals surface area contributed by atoms with E-state index in [2.05, 4.69) is 5.32 Å². The normalized spacial score (nSPS) is 11.4. The zero-order valence-electron chi connectivity index (χ0n) is 17.1. The van der Waals surface area contributed by atoms with Crippen LogP contribution >= 0.6 is 0 Å². The first-order chi connectivity index (χ1) is 14.7. The first-order valence-electron chi connectivity index (χ1n) is 9.67. The van der Waals surface area contributed by atoms with Crippen LogP contribution in [0.3, 0.4) is 0 Å². The minimum Gasteiger partial charge on any atom is -0.488 e. The molecule has 3 aromatic rings. The van der Waals surface area contributed by atoms with Crippen LogP contribution in [0.15, 0.2) is 66.7 Å². The van der Waals surface area contributed by atoms with Gasteiger partial charge in [0.2, 0.25) is 0 Å². The van der Waals surface area contributed by atoms with Crippen LogP contribution in [-0.4, -0.2) is 19.0 Å². The molecule has 0 saturated carbocycles. The first kappa shape index (κ1) is 20.9. The number of esters is 1. The number of ether oxygens (including phenoxy) is 3. The average Bonchev–Trinajstić information content (AvgIpc) is 2.94. The van der Waals surface area contributed by atoms with E-state index in [1.807, 2.05) is 44.2 Å². The van der Waals surface area contributed by atoms with Crippen molar-refractivity contribution in [3.8, 4) is 17.2 Å². The molecule has 0 unspecified atom stereocenters. The zero-order valence-corrected chi connectivity index (χ0v) is 17.1. The Labute approximate surface area is 175 Å². The number of methoxy groups -OCH3 is 1. The summed E-state index contributed by atoms with van der Waals surface area (Å²) in [7, 11) is 1.30. The van der Waals surface area contributed by atoms with Gasteiger partial charge in [-0.25, -0.2) is 4.79 Å². The molecule has 4 rings (SSSR count). The Kier molecular flexibility index (Phi) is 6.70. The lowest BCUT2D eigenvalue weighted by Crippen LogP contribution is -2.13. The number of anilines is 1. The van der Waals surface area contributed by atoms with E-state index in [-0.39, 0.29) is 5.91 Å². The fraction of sp³-hybridized carbons (Fsp3) is 0.167. The van der Waals surface area contributed by atoms with Gasteiger partial charge in [0.1, 0.15) is 23.7 Å². The highest BCUT2D eigenvalue weighted by molar-refractivity contribution is 6.10. The highest BCUT2D eigenvalue weighted by Gasteiger charge is 2.25. The fourth-order valence-corrected chi connectivity index (χ4v) is 2.94. The maximum absolute atomic E-state index is 12.9. The molecule has 3 aromatic carbocycles. The van der Waals surface area contributed by atoms with Gasteiger partial charge >= 0.3 is 5.97 Å². The second-order valence-electron chi connectivity index (χ2n) is 6.16. The molecule has 6 nitrogen and oxygen atoms in total. The molecule has 1 heterocycles. The summed E-state index contributed by atoms with van der Waals surface area (Å²) in [5.41, 5.74) is 1.99. The molecule has 0 radical (unpaired) electrons. The van der Waals surface area contributed by atoms with E-state index in [4.69, 9.17) is 14.2 Å². The summed E-state index contributed by atoms with van der Waals surface area (Å²) < 4.78 is 16.5. The topological polar surface area (TPSA) is 73.9 Å². The van der Waals surface area contributed by atoms with Crippen LogP contribution in [-0.2, 0) is 11.3 Å². The van der Waals surface area contributed by atoms with Crippen LogP contribution in [0.25, 0.3) is 0 Å². The van der Waals surface area contributed by atoms with Crippen LogP contribution in [0.5, 0.6) is 17.2 Å². The molecule has 1 N–H and O–H groups in total. The molecule has 0 saturated heterocycles. The fourth-order valence-electron chi connectivity index (χ4n) is 2.94. The average molecular weight is 405 g/mol. The molecule has 30 heavy (non-hydrogen) atoms. The Morgan fingerprint density at radius 3 is 2.47 bits per heavy atom. The summed E-state index contributed by atoms with van der Waals surface area (Å²) in [5, 5.41) is 2.78.